The summed E-state index contributed by atoms with van der Waals surface area (Å²) in [6.07, 6.45) is 1.64. The molecule has 0 radical (unpaired) electrons. The number of aliphatic hydroxyl groups is 1. The molecule has 5 nitrogen and oxygen atoms in total. The van der Waals surface area contributed by atoms with Crippen LogP contribution in [0.5, 0.6) is 0 Å². The van der Waals surface area contributed by atoms with Gasteiger partial charge in [0, 0.05) is 10.1 Å². The molecule has 1 aromatic carbocycles. The number of likely N-dealkylation sites (tertiary alicyclic amines) is 1. The highest BCUT2D eigenvalue weighted by atomic mass is 35.5. The molecule has 8 heteroatoms. The summed E-state index contributed by atoms with van der Waals surface area (Å²) in [5.74, 6) is 0.461. The van der Waals surface area contributed by atoms with E-state index in [9.17, 15) is 5.11 Å². The molecule has 0 bridgehead atoms. The van der Waals surface area contributed by atoms with Gasteiger partial charge in [0.2, 0.25) is 0 Å². The van der Waals surface area contributed by atoms with Crippen LogP contribution in [0, 0.1) is 4.84 Å². The van der Waals surface area contributed by atoms with Gasteiger partial charge in [0.1, 0.15) is 17.5 Å². The maximum Gasteiger partial charge on any atom is 0.292 e. The molecule has 3 aromatic rings. The van der Waals surface area contributed by atoms with E-state index in [0.29, 0.717) is 29.0 Å². The highest BCUT2D eigenvalue weighted by Gasteiger charge is 2.23. The number of piperidine rings is 1. The van der Waals surface area contributed by atoms with Gasteiger partial charge in [-0.05, 0) is 31.1 Å². The lowest BCUT2D eigenvalue weighted by Gasteiger charge is -2.26. The van der Waals surface area contributed by atoms with Gasteiger partial charge in [0.05, 0.1) is 11.6 Å². The van der Waals surface area contributed by atoms with Crippen molar-refractivity contribution in [2.45, 2.75) is 25.6 Å². The molecule has 0 aliphatic carbocycles. The third-order valence-electron chi connectivity index (χ3n) is 4.30. The van der Waals surface area contributed by atoms with E-state index in [-0.39, 0.29) is 6.10 Å². The highest BCUT2D eigenvalue weighted by molar-refractivity contribution is 7.71. The lowest BCUT2D eigenvalue weighted by Crippen LogP contribution is -3.13. The number of benzene rings is 1. The predicted octanol–water partition coefficient (Wildman–Crippen LogP) is 2.74. The van der Waals surface area contributed by atoms with E-state index in [2.05, 4.69) is 5.10 Å². The van der Waals surface area contributed by atoms with Gasteiger partial charge >= 0.3 is 0 Å². The summed E-state index contributed by atoms with van der Waals surface area (Å²) in [7, 11) is 0. The van der Waals surface area contributed by atoms with E-state index in [1.807, 2.05) is 24.3 Å². The molecule has 2 atom stereocenters. The first-order chi connectivity index (χ1) is 11.6. The van der Waals surface area contributed by atoms with Crippen molar-refractivity contribution >= 4 is 45.2 Å². The van der Waals surface area contributed by atoms with Gasteiger partial charge in [0.15, 0.2) is 6.67 Å². The van der Waals surface area contributed by atoms with Gasteiger partial charge in [-0.25, -0.2) is 0 Å². The van der Waals surface area contributed by atoms with Crippen molar-refractivity contribution < 1.29 is 14.4 Å². The minimum absolute atomic E-state index is 0.244. The topological polar surface area (TPSA) is 55.6 Å². The highest BCUT2D eigenvalue weighted by Crippen LogP contribution is 2.41. The Balaban J connectivity index is 1.65. The van der Waals surface area contributed by atoms with Crippen LogP contribution in [0.25, 0.3) is 20.9 Å². The molecule has 1 aliphatic heterocycles. The molecular weight excluding hydrogens is 366 g/mol. The first-order valence-electron chi connectivity index (χ1n) is 7.89. The average molecular weight is 383 g/mol. The fraction of sp³-hybridized carbons (Fsp3) is 0.375. The fourth-order valence-electron chi connectivity index (χ4n) is 3.13. The Morgan fingerprint density at radius 2 is 2.29 bits per heavy atom. The molecule has 1 unspecified atom stereocenters. The van der Waals surface area contributed by atoms with Gasteiger partial charge in [-0.3, -0.25) is 0 Å². The summed E-state index contributed by atoms with van der Waals surface area (Å²) >= 11 is 13.4. The summed E-state index contributed by atoms with van der Waals surface area (Å²) in [4.78, 5) is 2.40. The van der Waals surface area contributed by atoms with E-state index in [1.165, 1.54) is 4.90 Å². The van der Waals surface area contributed by atoms with Crippen LogP contribution in [-0.2, 0) is 6.67 Å². The SMILES string of the molecule is O[C@H]1CCC[NH+](Cn2nc(-c3sc4ccccc4c3Cl)oc2=S)C1. The number of aliphatic hydroxyl groups excluding tert-OH is 1. The zero-order valence-electron chi connectivity index (χ0n) is 12.9. The Bertz CT molecular complexity index is 933. The normalized spacial score (nSPS) is 21.4. The second-order valence-corrected chi connectivity index (χ2v) is 7.85. The maximum atomic E-state index is 9.81. The number of fused-ring (bicyclic) bond motifs is 1. The molecule has 1 saturated heterocycles. The van der Waals surface area contributed by atoms with Gasteiger partial charge < -0.3 is 14.4 Å². The summed E-state index contributed by atoms with van der Waals surface area (Å²) in [6, 6.07) is 7.96. The van der Waals surface area contributed by atoms with Crippen LogP contribution in [0.15, 0.2) is 28.7 Å². The molecule has 0 amide bonds. The van der Waals surface area contributed by atoms with Crippen LogP contribution >= 0.6 is 35.2 Å². The monoisotopic (exact) mass is 382 g/mol. The minimum Gasteiger partial charge on any atom is -0.408 e. The van der Waals surface area contributed by atoms with E-state index in [4.69, 9.17) is 28.2 Å². The Labute approximate surface area is 153 Å². The number of nitrogens with zero attached hydrogens (tertiary/aromatic N) is 2. The molecule has 0 spiro atoms. The van der Waals surface area contributed by atoms with E-state index < -0.39 is 0 Å². The largest absolute Gasteiger partial charge is 0.408 e. The second kappa shape index (κ2) is 6.57. The third kappa shape index (κ3) is 3.02. The first-order valence-corrected chi connectivity index (χ1v) is 9.49. The Morgan fingerprint density at radius 1 is 1.46 bits per heavy atom. The number of thiophene rings is 1. The maximum absolute atomic E-state index is 9.81. The van der Waals surface area contributed by atoms with Gasteiger partial charge in [-0.2, -0.15) is 4.68 Å². The fourth-order valence-corrected chi connectivity index (χ4v) is 4.75. The molecule has 126 valence electrons. The summed E-state index contributed by atoms with van der Waals surface area (Å²) in [5, 5.41) is 16.0. The second-order valence-electron chi connectivity index (χ2n) is 6.07. The molecule has 4 rings (SSSR count). The number of hydrogen-bond acceptors (Lipinski definition) is 5. The number of rotatable bonds is 3. The Hall–Kier alpha value is -1.25. The lowest BCUT2D eigenvalue weighted by molar-refractivity contribution is -0.931. The van der Waals surface area contributed by atoms with Crippen molar-refractivity contribution in [1.29, 1.82) is 0 Å². The molecule has 24 heavy (non-hydrogen) atoms. The standard InChI is InChI=1S/C16H16ClN3O2S2/c17-13-11-5-1-2-6-12(11)24-14(13)15-18-20(16(23)22-15)9-19-7-3-4-10(21)8-19/h1-2,5-6,10,21H,3-4,7-9H2/p+1/t10-/m0/s1. The summed E-state index contributed by atoms with van der Waals surface area (Å²) < 4.78 is 8.48. The molecule has 0 saturated carbocycles. The number of quaternary nitrogens is 1. The summed E-state index contributed by atoms with van der Waals surface area (Å²) in [5.41, 5.74) is 0. The van der Waals surface area contributed by atoms with E-state index in [0.717, 1.165) is 34.3 Å². The van der Waals surface area contributed by atoms with Crippen LogP contribution in [-0.4, -0.2) is 34.1 Å². The zero-order valence-corrected chi connectivity index (χ0v) is 15.3. The summed E-state index contributed by atoms with van der Waals surface area (Å²) in [6.45, 7) is 2.32. The van der Waals surface area contributed by atoms with E-state index in [1.54, 1.807) is 16.0 Å². The first kappa shape index (κ1) is 16.2. The van der Waals surface area contributed by atoms with Crippen molar-refractivity contribution in [3.63, 3.8) is 0 Å². The van der Waals surface area contributed by atoms with Crippen LogP contribution < -0.4 is 4.90 Å². The lowest BCUT2D eigenvalue weighted by atomic mass is 10.1. The molecule has 1 fully saturated rings. The third-order valence-corrected chi connectivity index (χ3v) is 6.26. The number of nitrogens with one attached hydrogen (secondary N) is 1. The van der Waals surface area contributed by atoms with Gasteiger partial charge in [-0.1, -0.05) is 29.8 Å². The van der Waals surface area contributed by atoms with E-state index >= 15 is 0 Å². The molecular formula is C16H17ClN3O2S2+. The molecule has 2 N–H and O–H groups in total. The van der Waals surface area contributed by atoms with Gasteiger partial charge in [0.25, 0.3) is 10.7 Å². The Kier molecular flexibility index (Phi) is 4.44. The number of halogens is 1. The zero-order chi connectivity index (χ0) is 16.7. The van der Waals surface area contributed by atoms with Crippen molar-refractivity contribution in [2.75, 3.05) is 13.1 Å². The van der Waals surface area contributed by atoms with Crippen LogP contribution in [0.2, 0.25) is 5.02 Å². The minimum atomic E-state index is -0.244. The van der Waals surface area contributed by atoms with Gasteiger partial charge in [-0.15, -0.1) is 16.4 Å². The molecule has 1 aliphatic rings. The Morgan fingerprint density at radius 3 is 3.08 bits per heavy atom. The van der Waals surface area contributed by atoms with Crippen molar-refractivity contribution in [3.8, 4) is 10.8 Å². The van der Waals surface area contributed by atoms with Crippen LogP contribution in [0.1, 0.15) is 12.8 Å². The van der Waals surface area contributed by atoms with Crippen molar-refractivity contribution in [1.82, 2.24) is 9.78 Å². The number of aromatic nitrogens is 2. The number of hydrogen-bond donors (Lipinski definition) is 2. The van der Waals surface area contributed by atoms with Crippen LogP contribution in [0.4, 0.5) is 0 Å². The molecule has 2 aromatic heterocycles. The predicted molar refractivity (Wildman–Crippen MR) is 97.1 cm³/mol. The molecule has 3 heterocycles. The van der Waals surface area contributed by atoms with Crippen molar-refractivity contribution in [3.05, 3.63) is 34.1 Å². The smallest absolute Gasteiger partial charge is 0.292 e. The average Bonchev–Trinajstić information content (AvgIpc) is 3.09. The van der Waals surface area contributed by atoms with Crippen molar-refractivity contribution in [2.24, 2.45) is 0 Å². The van der Waals surface area contributed by atoms with Crippen LogP contribution in [0.3, 0.4) is 0 Å². The quantitative estimate of drug-likeness (QED) is 0.684.